The van der Waals surface area contributed by atoms with Crippen molar-refractivity contribution >= 4 is 0 Å². The van der Waals surface area contributed by atoms with Crippen molar-refractivity contribution in [3.63, 3.8) is 0 Å². The second-order valence-corrected chi connectivity index (χ2v) is 6.31. The summed E-state index contributed by atoms with van der Waals surface area (Å²) in [4.78, 5) is 12.6. The van der Waals surface area contributed by atoms with Crippen LogP contribution in [0.5, 0.6) is 0 Å². The van der Waals surface area contributed by atoms with Crippen LogP contribution < -0.4 is 5.69 Å². The molecule has 0 saturated carbocycles. The predicted octanol–water partition coefficient (Wildman–Crippen LogP) is 3.26. The van der Waals surface area contributed by atoms with Gasteiger partial charge in [0.05, 0.1) is 11.7 Å². The van der Waals surface area contributed by atoms with E-state index in [1.165, 1.54) is 9.36 Å². The molecule has 0 radical (unpaired) electrons. The van der Waals surface area contributed by atoms with Gasteiger partial charge in [0.15, 0.2) is 0 Å². The zero-order valence-corrected chi connectivity index (χ0v) is 13.7. The maximum Gasteiger partial charge on any atom is 0.368 e. The molecule has 0 atom stereocenters. The largest absolute Gasteiger partial charge is 0.368 e. The van der Waals surface area contributed by atoms with Gasteiger partial charge in [-0.25, -0.2) is 4.79 Å². The Morgan fingerprint density at radius 2 is 1.43 bits per heavy atom. The van der Waals surface area contributed by atoms with Crippen molar-refractivity contribution in [2.24, 2.45) is 0 Å². The number of hydrogen-bond acceptors (Lipinski definition) is 3. The Hall–Kier alpha value is -1.91. The van der Waals surface area contributed by atoms with E-state index in [0.29, 0.717) is 11.8 Å². The van der Waals surface area contributed by atoms with Gasteiger partial charge in [0, 0.05) is 0 Å². The van der Waals surface area contributed by atoms with E-state index in [4.69, 9.17) is 0 Å². The highest BCUT2D eigenvalue weighted by atomic mass is 16.2. The highest BCUT2D eigenvalue weighted by Gasteiger charge is 2.20. The molecule has 2 aromatic rings. The molecule has 0 aliphatic rings. The van der Waals surface area contributed by atoms with Gasteiger partial charge in [-0.3, -0.25) is 0 Å². The van der Waals surface area contributed by atoms with Crippen LogP contribution in [0, 0.1) is 0 Å². The quantitative estimate of drug-likeness (QED) is 0.867. The summed E-state index contributed by atoms with van der Waals surface area (Å²) < 4.78 is 2.87. The molecule has 1 aromatic carbocycles. The van der Waals surface area contributed by atoms with Crippen LogP contribution >= 0.6 is 0 Å². The first kappa shape index (κ1) is 15.5. The average Bonchev–Trinajstić information content (AvgIpc) is 2.79. The van der Waals surface area contributed by atoms with Crippen molar-refractivity contribution in [3.8, 4) is 5.69 Å². The summed E-state index contributed by atoms with van der Waals surface area (Å²) in [6.07, 6.45) is 0. The minimum Gasteiger partial charge on any atom is -0.244 e. The fourth-order valence-corrected chi connectivity index (χ4v) is 2.48. The lowest BCUT2D eigenvalue weighted by molar-refractivity contribution is 0.500. The fourth-order valence-electron chi connectivity index (χ4n) is 2.48. The van der Waals surface area contributed by atoms with Gasteiger partial charge >= 0.3 is 5.69 Å². The summed E-state index contributed by atoms with van der Waals surface area (Å²) in [7, 11) is 0. The number of nitrogens with zero attached hydrogens (tertiary/aromatic N) is 4. The maximum atomic E-state index is 12.6. The molecule has 0 N–H and O–H groups in total. The molecule has 0 fully saturated rings. The number of para-hydroxylation sites is 1. The molecule has 0 unspecified atom stereocenters. The summed E-state index contributed by atoms with van der Waals surface area (Å²) in [5, 5.41) is 8.12. The van der Waals surface area contributed by atoms with Gasteiger partial charge in [0.25, 0.3) is 0 Å². The molecule has 1 heterocycles. The monoisotopic (exact) mass is 288 g/mol. The van der Waals surface area contributed by atoms with Crippen LogP contribution in [0.3, 0.4) is 0 Å². The van der Waals surface area contributed by atoms with Crippen LogP contribution in [0.15, 0.2) is 23.0 Å². The zero-order chi connectivity index (χ0) is 15.7. The summed E-state index contributed by atoms with van der Waals surface area (Å²) in [5.74, 6) is 0.629. The molecule has 21 heavy (non-hydrogen) atoms. The molecule has 0 saturated heterocycles. The molecular formula is C16H24N4O. The van der Waals surface area contributed by atoms with Crippen molar-refractivity contribution in [3.05, 3.63) is 39.8 Å². The molecule has 0 spiro atoms. The number of hydrogen-bond donors (Lipinski definition) is 0. The minimum absolute atomic E-state index is 0.0000350. The lowest BCUT2D eigenvalue weighted by Gasteiger charge is -2.18. The van der Waals surface area contributed by atoms with Gasteiger partial charge in [0.2, 0.25) is 0 Å². The Labute approximate surface area is 125 Å². The number of tetrazole rings is 1. The SMILES string of the molecule is CC(C)c1cccc(C(C)C)c1-n1nnn(C(C)C)c1=O. The molecule has 0 aliphatic carbocycles. The first-order chi connectivity index (χ1) is 9.84. The average molecular weight is 288 g/mol. The molecule has 0 bridgehead atoms. The van der Waals surface area contributed by atoms with Gasteiger partial charge < -0.3 is 0 Å². The zero-order valence-electron chi connectivity index (χ0n) is 13.7. The minimum atomic E-state index is -0.181. The predicted molar refractivity (Wildman–Crippen MR) is 84.2 cm³/mol. The normalized spacial score (nSPS) is 11.9. The summed E-state index contributed by atoms with van der Waals surface area (Å²) in [6.45, 7) is 12.4. The Balaban J connectivity index is 2.76. The lowest BCUT2D eigenvalue weighted by Crippen LogP contribution is -2.27. The van der Waals surface area contributed by atoms with E-state index in [9.17, 15) is 4.79 Å². The molecule has 114 valence electrons. The molecule has 5 heteroatoms. The third kappa shape index (κ3) is 2.77. The van der Waals surface area contributed by atoms with Crippen LogP contribution in [0.1, 0.15) is 70.5 Å². The van der Waals surface area contributed by atoms with E-state index >= 15 is 0 Å². The van der Waals surface area contributed by atoms with E-state index in [-0.39, 0.29) is 11.7 Å². The van der Waals surface area contributed by atoms with Gasteiger partial charge in [-0.15, -0.1) is 0 Å². The van der Waals surface area contributed by atoms with E-state index < -0.39 is 0 Å². The van der Waals surface area contributed by atoms with Crippen molar-refractivity contribution in [1.82, 2.24) is 19.8 Å². The van der Waals surface area contributed by atoms with Crippen LogP contribution in [0.25, 0.3) is 5.69 Å². The van der Waals surface area contributed by atoms with E-state index in [2.05, 4.69) is 50.3 Å². The molecule has 2 rings (SSSR count). The van der Waals surface area contributed by atoms with Crippen LogP contribution in [0.4, 0.5) is 0 Å². The van der Waals surface area contributed by atoms with Crippen molar-refractivity contribution in [2.75, 3.05) is 0 Å². The molecule has 0 aliphatic heterocycles. The lowest BCUT2D eigenvalue weighted by atomic mass is 9.93. The second kappa shape index (κ2) is 5.84. The third-order valence-corrected chi connectivity index (χ3v) is 3.65. The Kier molecular flexibility index (Phi) is 4.30. The van der Waals surface area contributed by atoms with E-state index in [0.717, 1.165) is 16.8 Å². The van der Waals surface area contributed by atoms with Crippen molar-refractivity contribution < 1.29 is 0 Å². The Morgan fingerprint density at radius 1 is 0.905 bits per heavy atom. The smallest absolute Gasteiger partial charge is 0.244 e. The first-order valence-electron chi connectivity index (χ1n) is 7.52. The fraction of sp³-hybridized carbons (Fsp3) is 0.562. The Morgan fingerprint density at radius 3 is 1.81 bits per heavy atom. The van der Waals surface area contributed by atoms with Crippen LogP contribution in [-0.4, -0.2) is 19.8 Å². The van der Waals surface area contributed by atoms with Crippen LogP contribution in [0.2, 0.25) is 0 Å². The summed E-state index contributed by atoms with van der Waals surface area (Å²) in [6, 6.07) is 6.17. The number of benzene rings is 1. The number of aromatic nitrogens is 4. The molecular weight excluding hydrogens is 264 g/mol. The summed E-state index contributed by atoms with van der Waals surface area (Å²) >= 11 is 0. The van der Waals surface area contributed by atoms with Crippen molar-refractivity contribution in [1.29, 1.82) is 0 Å². The molecule has 1 aromatic heterocycles. The van der Waals surface area contributed by atoms with Gasteiger partial charge in [-0.1, -0.05) is 45.9 Å². The van der Waals surface area contributed by atoms with E-state index in [1.807, 2.05) is 19.9 Å². The maximum absolute atomic E-state index is 12.6. The first-order valence-corrected chi connectivity index (χ1v) is 7.52. The molecule has 5 nitrogen and oxygen atoms in total. The van der Waals surface area contributed by atoms with Crippen LogP contribution in [-0.2, 0) is 0 Å². The standard InChI is InChI=1S/C16H24N4O/c1-10(2)13-8-7-9-14(11(3)4)15(13)20-16(21)19(12(5)6)17-18-20/h7-12H,1-6H3. The van der Waals surface area contributed by atoms with Gasteiger partial charge in [-0.05, 0) is 47.2 Å². The second-order valence-electron chi connectivity index (χ2n) is 6.31. The topological polar surface area (TPSA) is 52.7 Å². The highest BCUT2D eigenvalue weighted by Crippen LogP contribution is 2.29. The Bertz CT molecular complexity index is 654. The third-order valence-electron chi connectivity index (χ3n) is 3.65. The molecule has 0 amide bonds. The highest BCUT2D eigenvalue weighted by molar-refractivity contribution is 5.50. The van der Waals surface area contributed by atoms with E-state index in [1.54, 1.807) is 0 Å². The van der Waals surface area contributed by atoms with Gasteiger partial charge in [0.1, 0.15) is 0 Å². The van der Waals surface area contributed by atoms with Crippen molar-refractivity contribution in [2.45, 2.75) is 59.4 Å². The summed E-state index contributed by atoms with van der Waals surface area (Å²) in [5.41, 5.74) is 2.96. The number of rotatable bonds is 4. The van der Waals surface area contributed by atoms with Gasteiger partial charge in [-0.2, -0.15) is 9.36 Å².